The molecule has 1 amide bonds. The molecule has 4 aromatic rings. The van der Waals surface area contributed by atoms with Crippen molar-refractivity contribution in [1.29, 1.82) is 0 Å². The standard InChI is InChI=1S/C16H12N6OS/c23-13(18-10-5-7-17-8-6-10)9-24-16-20-15-14(21-22-16)11-3-1-2-4-12(11)19-15/h1-8H,9H2,(H,17,18,23)(H,19,20,22). The zero-order valence-electron chi connectivity index (χ0n) is 12.4. The van der Waals surface area contributed by atoms with Gasteiger partial charge in [-0.3, -0.25) is 9.78 Å². The van der Waals surface area contributed by atoms with E-state index >= 15 is 0 Å². The van der Waals surface area contributed by atoms with Gasteiger partial charge in [0.15, 0.2) is 5.65 Å². The number of para-hydroxylation sites is 1. The molecule has 0 unspecified atom stereocenters. The maximum atomic E-state index is 12.0. The third-order valence-electron chi connectivity index (χ3n) is 3.40. The lowest BCUT2D eigenvalue weighted by molar-refractivity contribution is -0.113. The van der Waals surface area contributed by atoms with Crippen LogP contribution in [-0.4, -0.2) is 36.8 Å². The highest BCUT2D eigenvalue weighted by Gasteiger charge is 2.10. The first kappa shape index (κ1) is 14.6. The van der Waals surface area contributed by atoms with Gasteiger partial charge in [-0.05, 0) is 18.2 Å². The maximum Gasteiger partial charge on any atom is 0.234 e. The molecule has 3 heterocycles. The summed E-state index contributed by atoms with van der Waals surface area (Å²) in [6.07, 6.45) is 3.25. The van der Waals surface area contributed by atoms with Gasteiger partial charge >= 0.3 is 0 Å². The van der Waals surface area contributed by atoms with Gasteiger partial charge in [-0.25, -0.2) is 4.98 Å². The van der Waals surface area contributed by atoms with E-state index in [2.05, 4.69) is 30.5 Å². The number of pyridine rings is 1. The van der Waals surface area contributed by atoms with Crippen LogP contribution in [0.2, 0.25) is 0 Å². The quantitative estimate of drug-likeness (QED) is 0.556. The molecule has 0 aliphatic carbocycles. The summed E-state index contributed by atoms with van der Waals surface area (Å²) in [4.78, 5) is 23.5. The first-order valence-electron chi connectivity index (χ1n) is 7.23. The maximum absolute atomic E-state index is 12.0. The zero-order valence-corrected chi connectivity index (χ0v) is 13.2. The number of aromatic amines is 1. The third-order valence-corrected chi connectivity index (χ3v) is 4.24. The van der Waals surface area contributed by atoms with Crippen molar-refractivity contribution in [3.05, 3.63) is 48.8 Å². The van der Waals surface area contributed by atoms with E-state index in [9.17, 15) is 4.79 Å². The molecule has 0 fully saturated rings. The van der Waals surface area contributed by atoms with E-state index in [0.717, 1.165) is 16.4 Å². The Bertz CT molecular complexity index is 1020. The van der Waals surface area contributed by atoms with Crippen LogP contribution in [0.15, 0.2) is 53.9 Å². The van der Waals surface area contributed by atoms with E-state index < -0.39 is 0 Å². The van der Waals surface area contributed by atoms with E-state index in [0.29, 0.717) is 16.5 Å². The van der Waals surface area contributed by atoms with E-state index in [-0.39, 0.29) is 11.7 Å². The second-order valence-corrected chi connectivity index (χ2v) is 5.98. The van der Waals surface area contributed by atoms with Gasteiger partial charge in [0.1, 0.15) is 5.52 Å². The first-order valence-corrected chi connectivity index (χ1v) is 8.22. The van der Waals surface area contributed by atoms with Crippen molar-refractivity contribution in [1.82, 2.24) is 25.1 Å². The smallest absolute Gasteiger partial charge is 0.234 e. The van der Waals surface area contributed by atoms with Crippen LogP contribution in [0, 0.1) is 0 Å². The van der Waals surface area contributed by atoms with Gasteiger partial charge in [0.05, 0.1) is 5.75 Å². The normalized spacial score (nSPS) is 11.0. The molecule has 0 spiro atoms. The highest BCUT2D eigenvalue weighted by Crippen LogP contribution is 2.23. The van der Waals surface area contributed by atoms with E-state index in [1.54, 1.807) is 24.5 Å². The second-order valence-electron chi connectivity index (χ2n) is 5.03. The Morgan fingerprint density at radius 2 is 1.96 bits per heavy atom. The lowest BCUT2D eigenvalue weighted by Gasteiger charge is -2.03. The number of H-pyrrole nitrogens is 1. The topological polar surface area (TPSA) is 96.5 Å². The molecule has 4 rings (SSSR count). The van der Waals surface area contributed by atoms with Crippen LogP contribution >= 0.6 is 11.8 Å². The molecule has 0 atom stereocenters. The number of nitrogens with zero attached hydrogens (tertiary/aromatic N) is 4. The number of thioether (sulfide) groups is 1. The number of carbonyl (C=O) groups is 1. The van der Waals surface area contributed by atoms with Gasteiger partial charge in [0, 0.05) is 29.0 Å². The van der Waals surface area contributed by atoms with E-state index in [4.69, 9.17) is 0 Å². The summed E-state index contributed by atoms with van der Waals surface area (Å²) in [7, 11) is 0. The van der Waals surface area contributed by atoms with Crippen LogP contribution in [0.5, 0.6) is 0 Å². The fraction of sp³-hybridized carbons (Fsp3) is 0.0625. The van der Waals surface area contributed by atoms with Crippen molar-refractivity contribution < 1.29 is 4.79 Å². The Morgan fingerprint density at radius 1 is 1.12 bits per heavy atom. The Balaban J connectivity index is 1.48. The van der Waals surface area contributed by atoms with Crippen molar-refractivity contribution in [3.63, 3.8) is 0 Å². The third kappa shape index (κ3) is 2.91. The van der Waals surface area contributed by atoms with Crippen LogP contribution < -0.4 is 5.32 Å². The summed E-state index contributed by atoms with van der Waals surface area (Å²) < 4.78 is 0. The second kappa shape index (κ2) is 6.25. The molecule has 8 heteroatoms. The minimum atomic E-state index is -0.133. The lowest BCUT2D eigenvalue weighted by atomic mass is 10.2. The number of carbonyl (C=O) groups excluding carboxylic acids is 1. The summed E-state index contributed by atoms with van der Waals surface area (Å²) in [5.74, 6) is 0.0713. The predicted octanol–water partition coefficient (Wildman–Crippen LogP) is 2.63. The molecule has 0 aliphatic heterocycles. The summed E-state index contributed by atoms with van der Waals surface area (Å²) in [5, 5.41) is 12.6. The predicted molar refractivity (Wildman–Crippen MR) is 92.8 cm³/mol. The van der Waals surface area contributed by atoms with Gasteiger partial charge in [-0.15, -0.1) is 10.2 Å². The number of anilines is 1. The average Bonchev–Trinajstić information content (AvgIpc) is 2.98. The molecule has 1 aromatic carbocycles. The summed E-state index contributed by atoms with van der Waals surface area (Å²) >= 11 is 1.24. The summed E-state index contributed by atoms with van der Waals surface area (Å²) in [5.41, 5.74) is 3.08. The lowest BCUT2D eigenvalue weighted by Crippen LogP contribution is -2.14. The molecule has 7 nitrogen and oxygen atoms in total. The molecule has 24 heavy (non-hydrogen) atoms. The van der Waals surface area contributed by atoms with Crippen LogP contribution in [0.1, 0.15) is 0 Å². The van der Waals surface area contributed by atoms with Gasteiger partial charge in [0.25, 0.3) is 0 Å². The Labute approximate surface area is 140 Å². The molecule has 2 N–H and O–H groups in total. The highest BCUT2D eigenvalue weighted by molar-refractivity contribution is 7.99. The van der Waals surface area contributed by atoms with Crippen molar-refractivity contribution in [2.45, 2.75) is 5.16 Å². The first-order chi connectivity index (χ1) is 11.8. The fourth-order valence-corrected chi connectivity index (χ4v) is 2.92. The number of fused-ring (bicyclic) bond motifs is 3. The highest BCUT2D eigenvalue weighted by atomic mass is 32.2. The Morgan fingerprint density at radius 3 is 2.83 bits per heavy atom. The van der Waals surface area contributed by atoms with Crippen LogP contribution in [0.3, 0.4) is 0 Å². The number of hydrogen-bond donors (Lipinski definition) is 2. The van der Waals surface area contributed by atoms with Crippen molar-refractivity contribution in [2.24, 2.45) is 0 Å². The van der Waals surface area contributed by atoms with Crippen molar-refractivity contribution in [2.75, 3.05) is 11.1 Å². The van der Waals surface area contributed by atoms with Gasteiger partial charge in [0.2, 0.25) is 11.1 Å². The van der Waals surface area contributed by atoms with Crippen LogP contribution in [0.4, 0.5) is 5.69 Å². The van der Waals surface area contributed by atoms with Crippen molar-refractivity contribution >= 4 is 45.4 Å². The molecule has 3 aromatic heterocycles. The van der Waals surface area contributed by atoms with E-state index in [1.165, 1.54) is 11.8 Å². The molecular formula is C16H12N6OS. The number of benzene rings is 1. The number of amides is 1. The van der Waals surface area contributed by atoms with Gasteiger partial charge in [-0.1, -0.05) is 30.0 Å². The van der Waals surface area contributed by atoms with Gasteiger partial charge < -0.3 is 10.3 Å². The number of hydrogen-bond acceptors (Lipinski definition) is 6. The number of aromatic nitrogens is 5. The molecule has 0 bridgehead atoms. The van der Waals surface area contributed by atoms with Gasteiger partial charge in [-0.2, -0.15) is 0 Å². The summed E-state index contributed by atoms with van der Waals surface area (Å²) in [6.45, 7) is 0. The molecule has 0 aliphatic rings. The molecule has 0 saturated carbocycles. The number of rotatable bonds is 4. The Hall–Kier alpha value is -3.00. The van der Waals surface area contributed by atoms with E-state index in [1.807, 2.05) is 24.3 Å². The molecule has 0 radical (unpaired) electrons. The zero-order chi connectivity index (χ0) is 16.4. The minimum absolute atomic E-state index is 0.133. The molecule has 118 valence electrons. The SMILES string of the molecule is O=C(CSc1nnc2c(n1)[nH]c1ccccc12)Nc1ccncc1. The average molecular weight is 336 g/mol. The van der Waals surface area contributed by atoms with Crippen LogP contribution in [0.25, 0.3) is 22.1 Å². The minimum Gasteiger partial charge on any atom is -0.338 e. The fourth-order valence-electron chi connectivity index (χ4n) is 2.33. The van der Waals surface area contributed by atoms with Crippen molar-refractivity contribution in [3.8, 4) is 0 Å². The summed E-state index contributed by atoms with van der Waals surface area (Å²) in [6, 6.07) is 11.3. The molecule has 0 saturated heterocycles. The largest absolute Gasteiger partial charge is 0.338 e. The van der Waals surface area contributed by atoms with Crippen LogP contribution in [-0.2, 0) is 4.79 Å². The molecular weight excluding hydrogens is 324 g/mol. The Kier molecular flexibility index (Phi) is 3.80. The monoisotopic (exact) mass is 336 g/mol. The number of nitrogens with one attached hydrogen (secondary N) is 2.